The molecule has 0 radical (unpaired) electrons. The van der Waals surface area contributed by atoms with E-state index < -0.39 is 5.41 Å². The van der Waals surface area contributed by atoms with Crippen molar-refractivity contribution in [2.75, 3.05) is 0 Å². The molecule has 0 aliphatic carbocycles. The molecule has 0 saturated carbocycles. The molecule has 0 N–H and O–H groups in total. The van der Waals surface area contributed by atoms with Gasteiger partial charge in [0, 0.05) is 21.9 Å². The van der Waals surface area contributed by atoms with E-state index in [4.69, 9.17) is 9.72 Å². The Bertz CT molecular complexity index is 1420. The summed E-state index contributed by atoms with van der Waals surface area (Å²) in [5.41, 5.74) is 5.99. The fraction of sp³-hybridized carbons (Fsp3) is 0.310. The number of hydrogen-bond donors (Lipinski definition) is 0. The number of fused-ring (bicyclic) bond motifs is 3. The Hall–Kier alpha value is -3.38. The second kappa shape index (κ2) is 7.35. The smallest absolute Gasteiger partial charge is 0.157 e. The van der Waals surface area contributed by atoms with Gasteiger partial charge in [-0.25, -0.2) is 4.98 Å². The summed E-state index contributed by atoms with van der Waals surface area (Å²) in [7, 11) is 0. The van der Waals surface area contributed by atoms with Gasteiger partial charge in [-0.1, -0.05) is 44.2 Å². The molecule has 32 heavy (non-hydrogen) atoms. The molecule has 1 aromatic heterocycles. The zero-order valence-corrected chi connectivity index (χ0v) is 19.4. The van der Waals surface area contributed by atoms with Crippen molar-refractivity contribution < 1.29 is 4.74 Å². The zero-order valence-electron chi connectivity index (χ0n) is 19.4. The second-order valence-electron chi connectivity index (χ2n) is 10.2. The third-order valence-corrected chi connectivity index (χ3v) is 6.20. The molecular weight excluding hydrogens is 392 g/mol. The van der Waals surface area contributed by atoms with Crippen molar-refractivity contribution in [1.29, 1.82) is 5.26 Å². The third-order valence-electron chi connectivity index (χ3n) is 6.20. The number of rotatable bonds is 4. The maximum atomic E-state index is 9.76. The Morgan fingerprint density at radius 3 is 2.62 bits per heavy atom. The van der Waals surface area contributed by atoms with Gasteiger partial charge >= 0.3 is 0 Å². The van der Waals surface area contributed by atoms with Crippen molar-refractivity contribution in [2.24, 2.45) is 11.3 Å². The predicted molar refractivity (Wildman–Crippen MR) is 131 cm³/mol. The van der Waals surface area contributed by atoms with E-state index in [1.807, 2.05) is 32.0 Å². The molecule has 0 unspecified atom stereocenters. The highest BCUT2D eigenvalue weighted by molar-refractivity contribution is 6.06. The van der Waals surface area contributed by atoms with Crippen LogP contribution >= 0.6 is 0 Å². The van der Waals surface area contributed by atoms with E-state index >= 15 is 0 Å². The van der Waals surface area contributed by atoms with Crippen molar-refractivity contribution >= 4 is 21.7 Å². The normalized spacial score (nSPS) is 12.7. The van der Waals surface area contributed by atoms with Crippen LogP contribution in [0.3, 0.4) is 0 Å². The minimum Gasteiger partial charge on any atom is -0.454 e. The number of hydrogen-bond acceptors (Lipinski definition) is 3. The van der Waals surface area contributed by atoms with E-state index in [9.17, 15) is 5.26 Å². The average molecular weight is 421 g/mol. The minimum atomic E-state index is -0.511. The number of ether oxygens (including phenoxy) is 1. The van der Waals surface area contributed by atoms with Crippen molar-refractivity contribution in [3.05, 3.63) is 65.2 Å². The fourth-order valence-electron chi connectivity index (χ4n) is 4.86. The molecule has 1 aliphatic rings. The van der Waals surface area contributed by atoms with Gasteiger partial charge in [0.15, 0.2) is 5.75 Å². The Labute approximate surface area is 189 Å². The van der Waals surface area contributed by atoms with Crippen LogP contribution in [-0.4, -0.2) is 4.98 Å². The topological polar surface area (TPSA) is 45.9 Å². The number of aromatic nitrogens is 1. The molecular formula is C29H28N2O. The van der Waals surface area contributed by atoms with Crippen molar-refractivity contribution in [3.8, 4) is 28.8 Å². The summed E-state index contributed by atoms with van der Waals surface area (Å²) in [4.78, 5) is 5.06. The lowest BCUT2D eigenvalue weighted by atomic mass is 9.84. The quantitative estimate of drug-likeness (QED) is 0.298. The van der Waals surface area contributed by atoms with E-state index in [1.54, 1.807) is 0 Å². The van der Waals surface area contributed by atoms with Gasteiger partial charge in [0.1, 0.15) is 11.4 Å². The van der Waals surface area contributed by atoms with Crippen molar-refractivity contribution in [1.82, 2.24) is 4.98 Å². The highest BCUT2D eigenvalue weighted by Crippen LogP contribution is 2.50. The summed E-state index contributed by atoms with van der Waals surface area (Å²) in [6.07, 6.45) is 1.61. The standard InChI is InChI=1S/C29H28N2O/c1-17(2)10-19-13-20-11-18(3)12-22-26(20)25(14-19)32-28-23(15-29(4,5)16-30)21-8-6-7-9-24(21)31-27(22)28/h6-9,11-14,17H,10,15H2,1-5H3. The molecule has 4 aromatic rings. The largest absolute Gasteiger partial charge is 0.454 e. The van der Waals surface area contributed by atoms with Gasteiger partial charge in [0.2, 0.25) is 0 Å². The van der Waals surface area contributed by atoms with Gasteiger partial charge in [0.05, 0.1) is 17.0 Å². The van der Waals surface area contributed by atoms with Crippen LogP contribution in [0.25, 0.3) is 32.9 Å². The number of aryl methyl sites for hydroxylation is 1. The summed E-state index contributed by atoms with van der Waals surface area (Å²) < 4.78 is 6.67. The molecule has 0 atom stereocenters. The van der Waals surface area contributed by atoms with Gasteiger partial charge in [-0.05, 0) is 74.2 Å². The molecule has 5 rings (SSSR count). The molecule has 3 aromatic carbocycles. The minimum absolute atomic E-state index is 0.511. The monoisotopic (exact) mass is 420 g/mol. The maximum absolute atomic E-state index is 9.76. The van der Waals surface area contributed by atoms with Crippen molar-refractivity contribution in [2.45, 2.75) is 47.5 Å². The summed E-state index contributed by atoms with van der Waals surface area (Å²) in [5, 5.41) is 13.1. The van der Waals surface area contributed by atoms with E-state index in [0.29, 0.717) is 12.3 Å². The zero-order chi connectivity index (χ0) is 22.6. The number of nitriles is 1. The molecule has 0 spiro atoms. The Kier molecular flexibility index (Phi) is 4.71. The van der Waals surface area contributed by atoms with Crippen LogP contribution in [0.5, 0.6) is 11.5 Å². The van der Waals surface area contributed by atoms with Crippen LogP contribution < -0.4 is 4.74 Å². The molecule has 1 aliphatic heterocycles. The summed E-state index contributed by atoms with van der Waals surface area (Å²) in [6.45, 7) is 10.6. The van der Waals surface area contributed by atoms with Gasteiger partial charge < -0.3 is 4.74 Å². The predicted octanol–water partition coefficient (Wildman–Crippen LogP) is 7.76. The second-order valence-corrected chi connectivity index (χ2v) is 10.2. The van der Waals surface area contributed by atoms with Crippen LogP contribution in [0.15, 0.2) is 48.5 Å². The lowest BCUT2D eigenvalue weighted by Crippen LogP contribution is -2.14. The first-order valence-electron chi connectivity index (χ1n) is 11.3. The van der Waals surface area contributed by atoms with Crippen LogP contribution in [-0.2, 0) is 12.8 Å². The molecule has 3 nitrogen and oxygen atoms in total. The summed E-state index contributed by atoms with van der Waals surface area (Å²) >= 11 is 0. The maximum Gasteiger partial charge on any atom is 0.157 e. The summed E-state index contributed by atoms with van der Waals surface area (Å²) in [6, 6.07) is 19.6. The van der Waals surface area contributed by atoms with Crippen LogP contribution in [0.1, 0.15) is 44.4 Å². The fourth-order valence-corrected chi connectivity index (χ4v) is 4.86. The SMILES string of the molecule is Cc1cc2c3c(cc(CC(C)C)cc3c1)Oc1c-2nc2ccccc2c1CC(C)(C)C#N. The number of nitrogens with zero attached hydrogens (tertiary/aromatic N) is 2. The molecule has 0 bridgehead atoms. The highest BCUT2D eigenvalue weighted by atomic mass is 16.5. The molecule has 0 fully saturated rings. The molecule has 3 heteroatoms. The summed E-state index contributed by atoms with van der Waals surface area (Å²) in [5.74, 6) is 2.26. The Balaban J connectivity index is 1.85. The lowest BCUT2D eigenvalue weighted by molar-refractivity contribution is 0.451. The Morgan fingerprint density at radius 1 is 1.09 bits per heavy atom. The highest BCUT2D eigenvalue weighted by Gasteiger charge is 2.29. The van der Waals surface area contributed by atoms with Crippen LogP contribution in [0, 0.1) is 29.6 Å². The average Bonchev–Trinajstić information content (AvgIpc) is 2.73. The van der Waals surface area contributed by atoms with Gasteiger partial charge in [-0.15, -0.1) is 0 Å². The first-order chi connectivity index (χ1) is 15.3. The van der Waals surface area contributed by atoms with E-state index in [2.05, 4.69) is 57.2 Å². The van der Waals surface area contributed by atoms with Crippen LogP contribution in [0.2, 0.25) is 0 Å². The van der Waals surface area contributed by atoms with Gasteiger partial charge in [-0.2, -0.15) is 5.26 Å². The lowest BCUT2D eigenvalue weighted by Gasteiger charge is -2.27. The third kappa shape index (κ3) is 3.41. The van der Waals surface area contributed by atoms with E-state index in [0.717, 1.165) is 51.0 Å². The molecule has 0 amide bonds. The first kappa shape index (κ1) is 20.5. The number of para-hydroxylation sites is 1. The number of benzene rings is 3. The van der Waals surface area contributed by atoms with Gasteiger partial charge in [-0.3, -0.25) is 0 Å². The molecule has 2 heterocycles. The van der Waals surface area contributed by atoms with Gasteiger partial charge in [0.25, 0.3) is 0 Å². The van der Waals surface area contributed by atoms with E-state index in [-0.39, 0.29) is 0 Å². The number of pyridine rings is 1. The molecule has 160 valence electrons. The Morgan fingerprint density at radius 2 is 1.88 bits per heavy atom. The molecule has 0 saturated heterocycles. The van der Waals surface area contributed by atoms with Crippen molar-refractivity contribution in [3.63, 3.8) is 0 Å². The first-order valence-corrected chi connectivity index (χ1v) is 11.3. The van der Waals surface area contributed by atoms with E-state index in [1.165, 1.54) is 16.5 Å². The van der Waals surface area contributed by atoms with Crippen LogP contribution in [0.4, 0.5) is 0 Å².